The predicted octanol–water partition coefficient (Wildman–Crippen LogP) is 3.57. The summed E-state index contributed by atoms with van der Waals surface area (Å²) in [6, 6.07) is 10.1. The first-order valence-corrected chi connectivity index (χ1v) is 6.54. The lowest BCUT2D eigenvalue weighted by molar-refractivity contribution is 1.13. The lowest BCUT2D eigenvalue weighted by Crippen LogP contribution is -1.91. The van der Waals surface area contributed by atoms with Crippen LogP contribution in [0.2, 0.25) is 0 Å². The zero-order valence-corrected chi connectivity index (χ0v) is 10.9. The molecule has 0 aliphatic rings. The van der Waals surface area contributed by atoms with Gasteiger partial charge in [-0.3, -0.25) is 4.98 Å². The van der Waals surface area contributed by atoms with Crippen LogP contribution in [-0.4, -0.2) is 4.98 Å². The van der Waals surface area contributed by atoms with Crippen LogP contribution in [0, 0.1) is 13.8 Å². The van der Waals surface area contributed by atoms with E-state index in [9.17, 15) is 0 Å². The Kier molecular flexibility index (Phi) is 3.69. The molecule has 0 saturated carbocycles. The number of rotatable bonds is 3. The van der Waals surface area contributed by atoms with Crippen LogP contribution < -0.4 is 5.73 Å². The first-order chi connectivity index (χ1) is 8.15. The van der Waals surface area contributed by atoms with Crippen LogP contribution in [0.1, 0.15) is 16.8 Å². The van der Waals surface area contributed by atoms with Crippen molar-refractivity contribution < 1.29 is 0 Å². The molecule has 17 heavy (non-hydrogen) atoms. The van der Waals surface area contributed by atoms with Crippen molar-refractivity contribution in [2.75, 3.05) is 5.73 Å². The topological polar surface area (TPSA) is 38.9 Å². The fourth-order valence-corrected chi connectivity index (χ4v) is 2.55. The standard InChI is InChI=1S/C14H16N2S/c1-10-7-11(2)16-8-12(10)9-17-14-5-3-13(15)4-6-14/h3-8H,9,15H2,1-2H3. The van der Waals surface area contributed by atoms with E-state index in [2.05, 4.69) is 30.1 Å². The van der Waals surface area contributed by atoms with Crippen molar-refractivity contribution in [3.05, 3.63) is 53.3 Å². The van der Waals surface area contributed by atoms with Gasteiger partial charge in [-0.05, 0) is 55.3 Å². The molecule has 0 atom stereocenters. The molecule has 0 aliphatic carbocycles. The largest absolute Gasteiger partial charge is 0.399 e. The van der Waals surface area contributed by atoms with Crippen LogP contribution in [0.5, 0.6) is 0 Å². The molecule has 3 heteroatoms. The summed E-state index contributed by atoms with van der Waals surface area (Å²) in [6.45, 7) is 4.15. The Morgan fingerprint density at radius 3 is 2.53 bits per heavy atom. The average Bonchev–Trinajstić information content (AvgIpc) is 2.30. The third-order valence-electron chi connectivity index (χ3n) is 2.63. The second-order valence-electron chi connectivity index (χ2n) is 4.11. The third-order valence-corrected chi connectivity index (χ3v) is 3.69. The predicted molar refractivity (Wildman–Crippen MR) is 74.1 cm³/mol. The minimum Gasteiger partial charge on any atom is -0.399 e. The minimum atomic E-state index is 0.808. The summed E-state index contributed by atoms with van der Waals surface area (Å²) in [6.07, 6.45) is 1.97. The number of hydrogen-bond acceptors (Lipinski definition) is 3. The van der Waals surface area contributed by atoms with Gasteiger partial charge >= 0.3 is 0 Å². The molecule has 2 aromatic rings. The Hall–Kier alpha value is -1.48. The maximum Gasteiger partial charge on any atom is 0.0375 e. The highest BCUT2D eigenvalue weighted by Crippen LogP contribution is 2.24. The van der Waals surface area contributed by atoms with E-state index in [-0.39, 0.29) is 0 Å². The lowest BCUT2D eigenvalue weighted by atomic mass is 10.1. The highest BCUT2D eigenvalue weighted by molar-refractivity contribution is 7.98. The van der Waals surface area contributed by atoms with Crippen LogP contribution in [0.4, 0.5) is 5.69 Å². The lowest BCUT2D eigenvalue weighted by Gasteiger charge is -2.06. The molecule has 0 amide bonds. The molecule has 0 spiro atoms. The molecule has 88 valence electrons. The quantitative estimate of drug-likeness (QED) is 0.662. The van der Waals surface area contributed by atoms with Gasteiger partial charge in [0.05, 0.1) is 0 Å². The second kappa shape index (κ2) is 5.23. The van der Waals surface area contributed by atoms with Crippen molar-refractivity contribution in [1.29, 1.82) is 0 Å². The van der Waals surface area contributed by atoms with Gasteiger partial charge in [-0.15, -0.1) is 11.8 Å². The second-order valence-corrected chi connectivity index (χ2v) is 5.16. The Morgan fingerprint density at radius 1 is 1.18 bits per heavy atom. The number of nitrogen functional groups attached to an aromatic ring is 1. The van der Waals surface area contributed by atoms with E-state index in [0.29, 0.717) is 0 Å². The van der Waals surface area contributed by atoms with Crippen molar-refractivity contribution in [2.24, 2.45) is 0 Å². The fourth-order valence-electron chi connectivity index (χ4n) is 1.60. The average molecular weight is 244 g/mol. The number of aryl methyl sites for hydroxylation is 2. The first-order valence-electron chi connectivity index (χ1n) is 5.55. The smallest absolute Gasteiger partial charge is 0.0375 e. The van der Waals surface area contributed by atoms with Gasteiger partial charge in [-0.2, -0.15) is 0 Å². The molecule has 1 aromatic carbocycles. The zero-order chi connectivity index (χ0) is 12.3. The number of nitrogens with zero attached hydrogens (tertiary/aromatic N) is 1. The summed E-state index contributed by atoms with van der Waals surface area (Å²) < 4.78 is 0. The van der Waals surface area contributed by atoms with Crippen molar-refractivity contribution in [2.45, 2.75) is 24.5 Å². The van der Waals surface area contributed by atoms with Crippen molar-refractivity contribution in [3.63, 3.8) is 0 Å². The van der Waals surface area contributed by atoms with Gasteiger partial charge in [0.15, 0.2) is 0 Å². The maximum atomic E-state index is 5.66. The molecule has 0 saturated heterocycles. The number of benzene rings is 1. The normalized spacial score (nSPS) is 10.5. The van der Waals surface area contributed by atoms with Crippen molar-refractivity contribution in [3.8, 4) is 0 Å². The molecular formula is C14H16N2S. The molecular weight excluding hydrogens is 228 g/mol. The van der Waals surface area contributed by atoms with Crippen molar-refractivity contribution >= 4 is 17.4 Å². The first kappa shape index (κ1) is 12.0. The molecule has 1 aromatic heterocycles. The highest BCUT2D eigenvalue weighted by atomic mass is 32.2. The van der Waals surface area contributed by atoms with E-state index in [4.69, 9.17) is 5.73 Å². The van der Waals surface area contributed by atoms with Gasteiger partial charge in [-0.25, -0.2) is 0 Å². The maximum absolute atomic E-state index is 5.66. The van der Waals surface area contributed by atoms with Gasteiger partial charge in [0, 0.05) is 28.2 Å². The van der Waals surface area contributed by atoms with E-state index in [1.54, 1.807) is 11.8 Å². The van der Waals surface area contributed by atoms with Gasteiger partial charge in [0.25, 0.3) is 0 Å². The SMILES string of the molecule is Cc1cc(C)c(CSc2ccc(N)cc2)cn1. The summed E-state index contributed by atoms with van der Waals surface area (Å²) in [5, 5.41) is 0. The Morgan fingerprint density at radius 2 is 1.88 bits per heavy atom. The van der Waals surface area contributed by atoms with Gasteiger partial charge in [0.2, 0.25) is 0 Å². The number of hydrogen-bond donors (Lipinski definition) is 1. The molecule has 2 nitrogen and oxygen atoms in total. The molecule has 2 rings (SSSR count). The van der Waals surface area contributed by atoms with E-state index < -0.39 is 0 Å². The summed E-state index contributed by atoms with van der Waals surface area (Å²) in [5.41, 5.74) is 10.1. The number of thioether (sulfide) groups is 1. The van der Waals surface area contributed by atoms with Crippen LogP contribution in [-0.2, 0) is 5.75 Å². The Balaban J connectivity index is 2.04. The minimum absolute atomic E-state index is 0.808. The molecule has 0 aliphatic heterocycles. The van der Waals surface area contributed by atoms with Crippen LogP contribution in [0.3, 0.4) is 0 Å². The highest BCUT2D eigenvalue weighted by Gasteiger charge is 2.01. The molecule has 0 fully saturated rings. The monoisotopic (exact) mass is 244 g/mol. The molecule has 0 radical (unpaired) electrons. The van der Waals surface area contributed by atoms with Crippen LogP contribution >= 0.6 is 11.8 Å². The van der Waals surface area contributed by atoms with Crippen LogP contribution in [0.15, 0.2) is 41.4 Å². The van der Waals surface area contributed by atoms with E-state index >= 15 is 0 Å². The van der Waals surface area contributed by atoms with E-state index in [1.165, 1.54) is 16.0 Å². The van der Waals surface area contributed by atoms with Crippen molar-refractivity contribution in [1.82, 2.24) is 4.98 Å². The Bertz CT molecular complexity index is 506. The van der Waals surface area contributed by atoms with E-state index in [0.717, 1.165) is 17.1 Å². The third kappa shape index (κ3) is 3.24. The van der Waals surface area contributed by atoms with Gasteiger partial charge in [-0.1, -0.05) is 0 Å². The summed E-state index contributed by atoms with van der Waals surface area (Å²) >= 11 is 1.81. The number of pyridine rings is 1. The fraction of sp³-hybridized carbons (Fsp3) is 0.214. The summed E-state index contributed by atoms with van der Waals surface area (Å²) in [4.78, 5) is 5.57. The molecule has 0 bridgehead atoms. The van der Waals surface area contributed by atoms with Crippen LogP contribution in [0.25, 0.3) is 0 Å². The van der Waals surface area contributed by atoms with Gasteiger partial charge < -0.3 is 5.73 Å². The van der Waals surface area contributed by atoms with E-state index in [1.807, 2.05) is 25.3 Å². The zero-order valence-electron chi connectivity index (χ0n) is 10.1. The summed E-state index contributed by atoms with van der Waals surface area (Å²) in [5.74, 6) is 0.947. The summed E-state index contributed by atoms with van der Waals surface area (Å²) in [7, 11) is 0. The molecule has 0 unspecified atom stereocenters. The molecule has 1 heterocycles. The number of anilines is 1. The number of aromatic nitrogens is 1. The van der Waals surface area contributed by atoms with Gasteiger partial charge in [0.1, 0.15) is 0 Å². The number of nitrogens with two attached hydrogens (primary N) is 1. The molecule has 2 N–H and O–H groups in total. The Labute approximate surface area is 106 Å².